The van der Waals surface area contributed by atoms with Crippen molar-refractivity contribution < 1.29 is 13.2 Å². The fourth-order valence-electron chi connectivity index (χ4n) is 3.57. The number of hydrogen-bond donors (Lipinski definition) is 1. The molecule has 1 fully saturated rings. The third kappa shape index (κ3) is 6.51. The van der Waals surface area contributed by atoms with Crippen LogP contribution in [0.3, 0.4) is 0 Å². The molecule has 0 radical (unpaired) electrons. The van der Waals surface area contributed by atoms with Gasteiger partial charge in [0, 0.05) is 36.0 Å². The third-order valence-electron chi connectivity index (χ3n) is 5.41. The SMILES string of the molecule is CSc1ccc(S(=O)(=O)NCCSCc2ccccc2C)cc1C(=O)N1CCCCC1. The summed E-state index contributed by atoms with van der Waals surface area (Å²) >= 11 is 3.16. The molecule has 1 saturated heterocycles. The molecule has 0 saturated carbocycles. The van der Waals surface area contributed by atoms with E-state index in [4.69, 9.17) is 0 Å². The standard InChI is InChI=1S/C23H30N2O3S3/c1-18-8-4-5-9-19(18)17-30-15-12-24-31(27,28)20-10-11-22(29-2)21(16-20)23(26)25-13-6-3-7-14-25/h4-5,8-11,16,24H,3,6-7,12-15,17H2,1-2H3. The van der Waals surface area contributed by atoms with E-state index >= 15 is 0 Å². The molecule has 168 valence electrons. The minimum atomic E-state index is -3.67. The Morgan fingerprint density at radius 1 is 1.10 bits per heavy atom. The van der Waals surface area contributed by atoms with Crippen LogP contribution in [0.1, 0.15) is 40.7 Å². The molecule has 31 heavy (non-hydrogen) atoms. The fourth-order valence-corrected chi connectivity index (χ4v) is 6.27. The normalized spacial score (nSPS) is 14.6. The smallest absolute Gasteiger partial charge is 0.255 e. The van der Waals surface area contributed by atoms with E-state index in [2.05, 4.69) is 23.8 Å². The van der Waals surface area contributed by atoms with Gasteiger partial charge in [-0.25, -0.2) is 13.1 Å². The van der Waals surface area contributed by atoms with Crippen LogP contribution in [0.2, 0.25) is 0 Å². The lowest BCUT2D eigenvalue weighted by molar-refractivity contribution is 0.0720. The summed E-state index contributed by atoms with van der Waals surface area (Å²) in [6, 6.07) is 13.1. The molecule has 1 heterocycles. The second-order valence-corrected chi connectivity index (χ2v) is 11.3. The fraction of sp³-hybridized carbons (Fsp3) is 0.435. The predicted octanol–water partition coefficient (Wildman–Crippen LogP) is 4.55. The number of carbonyl (C=O) groups is 1. The first-order valence-corrected chi connectivity index (χ1v) is 14.4. The number of hydrogen-bond acceptors (Lipinski definition) is 5. The number of likely N-dealkylation sites (tertiary alicyclic amines) is 1. The monoisotopic (exact) mass is 478 g/mol. The van der Waals surface area contributed by atoms with Crippen molar-refractivity contribution in [3.63, 3.8) is 0 Å². The van der Waals surface area contributed by atoms with Gasteiger partial charge in [0.1, 0.15) is 0 Å². The number of carbonyl (C=O) groups excluding carboxylic acids is 1. The van der Waals surface area contributed by atoms with E-state index in [0.29, 0.717) is 17.9 Å². The lowest BCUT2D eigenvalue weighted by atomic mass is 10.1. The summed E-state index contributed by atoms with van der Waals surface area (Å²) in [5, 5.41) is 0. The molecule has 2 aromatic rings. The van der Waals surface area contributed by atoms with Crippen LogP contribution in [0.25, 0.3) is 0 Å². The molecule has 0 spiro atoms. The van der Waals surface area contributed by atoms with E-state index in [1.54, 1.807) is 23.9 Å². The van der Waals surface area contributed by atoms with Crippen molar-refractivity contribution in [2.24, 2.45) is 0 Å². The summed E-state index contributed by atoms with van der Waals surface area (Å²) in [6.45, 7) is 3.90. The van der Waals surface area contributed by atoms with Gasteiger partial charge in [-0.05, 0) is 61.8 Å². The Kier molecular flexibility index (Phi) is 8.89. The highest BCUT2D eigenvalue weighted by Crippen LogP contribution is 2.26. The molecule has 0 aromatic heterocycles. The van der Waals surface area contributed by atoms with Gasteiger partial charge in [-0.1, -0.05) is 24.3 Å². The summed E-state index contributed by atoms with van der Waals surface area (Å²) in [6.07, 6.45) is 5.04. The molecule has 2 aromatic carbocycles. The summed E-state index contributed by atoms with van der Waals surface area (Å²) < 4.78 is 28.3. The van der Waals surface area contributed by atoms with Crippen LogP contribution in [0.5, 0.6) is 0 Å². The van der Waals surface area contributed by atoms with Crippen LogP contribution in [0.15, 0.2) is 52.3 Å². The third-order valence-corrected chi connectivity index (χ3v) is 8.67. The van der Waals surface area contributed by atoms with Gasteiger partial charge in [0.2, 0.25) is 10.0 Å². The molecular formula is C23H30N2O3S3. The topological polar surface area (TPSA) is 66.5 Å². The molecule has 0 unspecified atom stereocenters. The Hall–Kier alpha value is -1.48. The molecular weight excluding hydrogens is 448 g/mol. The molecule has 0 bridgehead atoms. The Bertz CT molecular complexity index is 1000. The number of benzene rings is 2. The van der Waals surface area contributed by atoms with E-state index in [0.717, 1.165) is 43.0 Å². The summed E-state index contributed by atoms with van der Waals surface area (Å²) in [5.41, 5.74) is 2.99. The van der Waals surface area contributed by atoms with Crippen molar-refractivity contribution in [2.75, 3.05) is 31.6 Å². The van der Waals surface area contributed by atoms with Crippen LogP contribution >= 0.6 is 23.5 Å². The van der Waals surface area contributed by atoms with Gasteiger partial charge in [-0.2, -0.15) is 11.8 Å². The first-order chi connectivity index (χ1) is 14.9. The molecule has 1 N–H and O–H groups in total. The Morgan fingerprint density at radius 2 is 1.84 bits per heavy atom. The number of thioether (sulfide) groups is 2. The molecule has 3 rings (SSSR count). The predicted molar refractivity (Wildman–Crippen MR) is 131 cm³/mol. The minimum absolute atomic E-state index is 0.0742. The quantitative estimate of drug-likeness (QED) is 0.423. The Balaban J connectivity index is 1.62. The summed E-state index contributed by atoms with van der Waals surface area (Å²) in [5.74, 6) is 1.45. The van der Waals surface area contributed by atoms with E-state index < -0.39 is 10.0 Å². The number of nitrogens with one attached hydrogen (secondary N) is 1. The molecule has 1 amide bonds. The zero-order valence-electron chi connectivity index (χ0n) is 18.1. The van der Waals surface area contributed by atoms with Gasteiger partial charge in [-0.15, -0.1) is 11.8 Å². The lowest BCUT2D eigenvalue weighted by Crippen LogP contribution is -2.36. The van der Waals surface area contributed by atoms with Gasteiger partial charge in [0.15, 0.2) is 0 Å². The first-order valence-electron chi connectivity index (χ1n) is 10.5. The van der Waals surface area contributed by atoms with Crippen molar-refractivity contribution in [3.05, 3.63) is 59.2 Å². The Morgan fingerprint density at radius 3 is 2.55 bits per heavy atom. The number of sulfonamides is 1. The van der Waals surface area contributed by atoms with Crippen LogP contribution < -0.4 is 4.72 Å². The van der Waals surface area contributed by atoms with Gasteiger partial charge < -0.3 is 4.90 Å². The maximum absolute atomic E-state index is 13.0. The van der Waals surface area contributed by atoms with Crippen molar-refractivity contribution in [3.8, 4) is 0 Å². The van der Waals surface area contributed by atoms with Crippen molar-refractivity contribution >= 4 is 39.5 Å². The van der Waals surface area contributed by atoms with Crippen LogP contribution in [0, 0.1) is 6.92 Å². The second-order valence-electron chi connectivity index (χ2n) is 7.59. The van der Waals surface area contributed by atoms with Gasteiger partial charge in [-0.3, -0.25) is 4.79 Å². The average Bonchev–Trinajstić information content (AvgIpc) is 2.79. The number of aryl methyl sites for hydroxylation is 1. The molecule has 0 aliphatic carbocycles. The number of rotatable bonds is 9. The summed E-state index contributed by atoms with van der Waals surface area (Å²) in [4.78, 5) is 15.8. The van der Waals surface area contributed by atoms with Gasteiger partial charge in [0.25, 0.3) is 5.91 Å². The van der Waals surface area contributed by atoms with E-state index in [-0.39, 0.29) is 10.8 Å². The van der Waals surface area contributed by atoms with Crippen LogP contribution in [-0.4, -0.2) is 50.9 Å². The lowest BCUT2D eigenvalue weighted by Gasteiger charge is -2.27. The van der Waals surface area contributed by atoms with E-state index in [9.17, 15) is 13.2 Å². The minimum Gasteiger partial charge on any atom is -0.339 e. The molecule has 1 aliphatic heterocycles. The highest BCUT2D eigenvalue weighted by atomic mass is 32.2. The van der Waals surface area contributed by atoms with Crippen molar-refractivity contribution in [2.45, 2.75) is 41.7 Å². The molecule has 0 atom stereocenters. The maximum Gasteiger partial charge on any atom is 0.255 e. The summed E-state index contributed by atoms with van der Waals surface area (Å²) in [7, 11) is -3.67. The second kappa shape index (κ2) is 11.4. The highest BCUT2D eigenvalue weighted by Gasteiger charge is 2.23. The molecule has 1 aliphatic rings. The average molecular weight is 479 g/mol. The Labute approximate surface area is 194 Å². The highest BCUT2D eigenvalue weighted by molar-refractivity contribution is 7.98. The van der Waals surface area contributed by atoms with Gasteiger partial charge in [0.05, 0.1) is 10.5 Å². The van der Waals surface area contributed by atoms with E-state index in [1.165, 1.54) is 29.0 Å². The maximum atomic E-state index is 13.0. The zero-order valence-corrected chi connectivity index (χ0v) is 20.5. The van der Waals surface area contributed by atoms with Crippen LogP contribution in [0.4, 0.5) is 0 Å². The van der Waals surface area contributed by atoms with Crippen molar-refractivity contribution in [1.82, 2.24) is 9.62 Å². The number of nitrogens with zero attached hydrogens (tertiary/aromatic N) is 1. The molecule has 5 nitrogen and oxygen atoms in total. The zero-order chi connectivity index (χ0) is 22.3. The van der Waals surface area contributed by atoms with Gasteiger partial charge >= 0.3 is 0 Å². The number of piperidine rings is 1. The molecule has 8 heteroatoms. The van der Waals surface area contributed by atoms with Crippen LogP contribution in [-0.2, 0) is 15.8 Å². The largest absolute Gasteiger partial charge is 0.339 e. The number of amides is 1. The van der Waals surface area contributed by atoms with Crippen molar-refractivity contribution in [1.29, 1.82) is 0 Å². The van der Waals surface area contributed by atoms with E-state index in [1.807, 2.05) is 23.3 Å². The first kappa shape index (κ1) is 24.2.